The molecule has 6 heteroatoms. The van der Waals surface area contributed by atoms with Crippen LogP contribution in [0.4, 0.5) is 8.78 Å². The van der Waals surface area contributed by atoms with Gasteiger partial charge >= 0.3 is 32.5 Å². The predicted molar refractivity (Wildman–Crippen MR) is 263 cm³/mol. The Balaban J connectivity index is 0.00000171. The predicted octanol–water partition coefficient (Wildman–Crippen LogP) is 16.1. The third-order valence-electron chi connectivity index (χ3n) is 17.8. The molecule has 1 aromatic heterocycles. The van der Waals surface area contributed by atoms with Crippen LogP contribution >= 0.6 is 0 Å². The molecule has 8 atom stereocenters. The van der Waals surface area contributed by atoms with E-state index in [4.69, 9.17) is 4.98 Å². The van der Waals surface area contributed by atoms with Crippen LogP contribution in [-0.2, 0) is 34.1 Å². The van der Waals surface area contributed by atoms with E-state index in [2.05, 4.69) is 88.9 Å². The van der Waals surface area contributed by atoms with Crippen molar-refractivity contribution in [1.82, 2.24) is 4.98 Å². The number of pyridine rings is 1. The van der Waals surface area contributed by atoms with Crippen LogP contribution in [0.2, 0.25) is 9.26 Å². The minimum atomic E-state index is -0.369. The van der Waals surface area contributed by atoms with Gasteiger partial charge in [-0.05, 0) is 226 Å². The van der Waals surface area contributed by atoms with Gasteiger partial charge in [0.05, 0.1) is 11.4 Å². The van der Waals surface area contributed by atoms with Crippen LogP contribution in [0, 0.1) is 45.1 Å². The first-order valence-electron chi connectivity index (χ1n) is 25.5. The molecular weight excluding hydrogens is 908 g/mol. The maximum atomic E-state index is 16.2. The topological polar surface area (TPSA) is 59.0 Å². The van der Waals surface area contributed by atoms with Crippen LogP contribution in [-0.4, -0.2) is 4.98 Å². The van der Waals surface area contributed by atoms with Crippen molar-refractivity contribution in [3.63, 3.8) is 0 Å². The van der Waals surface area contributed by atoms with Gasteiger partial charge in [0, 0.05) is 11.1 Å². The molecule has 0 radical (unpaired) electrons. The summed E-state index contributed by atoms with van der Waals surface area (Å²) in [7, 11) is 0. The standard InChI is InChI=1S/C59H67F2NO2.2CH3.Zr/c1-34(2)38-12-14-42(46-18-40(60)20-48(52(46)63)58-26-36-22-54(5,30-58)28-55(6,23-36)31-58)44(16-38)50-10-9-11-51(62-50)45-17-39(35(3)4)13-15-43(45)47-19-41(61)21-49(53(47)64)59-27-37-24-56(7,32-59)29-57(8,25-37)33-59;;;/h9-21,34-37,63-64H,22-33H2,1-8H3;2*1H3;/q;;;+2/p-2/t36?,37?,54-,55+,56-,57+,58?,59?;;;. The van der Waals surface area contributed by atoms with E-state index in [0.717, 1.165) is 60.8 Å². The summed E-state index contributed by atoms with van der Waals surface area (Å²) in [5.41, 5.74) is 8.48. The monoisotopic (exact) mass is 977 g/mol. The fourth-order valence-electron chi connectivity index (χ4n) is 17.3. The van der Waals surface area contributed by atoms with Crippen LogP contribution in [0.25, 0.3) is 44.8 Å². The second kappa shape index (κ2) is 16.5. The van der Waals surface area contributed by atoms with Crippen LogP contribution in [0.1, 0.15) is 167 Å². The number of rotatable bonds is 8. The summed E-state index contributed by atoms with van der Waals surface area (Å²) in [6, 6.07) is 24.3. The van der Waals surface area contributed by atoms with Crippen molar-refractivity contribution in [3.8, 4) is 56.3 Å². The molecule has 8 aliphatic rings. The molecule has 8 fully saturated rings. The summed E-state index contributed by atoms with van der Waals surface area (Å²) in [5, 5.41) is 30.2. The van der Waals surface area contributed by atoms with Crippen LogP contribution < -0.4 is 10.2 Å². The second-order valence-electron chi connectivity index (χ2n) is 25.3. The third-order valence-corrected chi connectivity index (χ3v) is 17.8. The van der Waals surface area contributed by atoms with Crippen LogP contribution in [0.15, 0.2) is 78.9 Å². The Bertz CT molecular complexity index is 2560. The summed E-state index contributed by atoms with van der Waals surface area (Å²) in [5.74, 6) is 0.649. The summed E-state index contributed by atoms with van der Waals surface area (Å²) in [6.07, 6.45) is 12.8. The molecule has 13 rings (SSSR count). The van der Waals surface area contributed by atoms with E-state index < -0.39 is 0 Å². The molecular formula is C61H71F2NO2Zr. The van der Waals surface area contributed by atoms with Gasteiger partial charge in [0.1, 0.15) is 11.6 Å². The molecule has 4 unspecified atom stereocenters. The molecule has 0 amide bonds. The van der Waals surface area contributed by atoms with E-state index in [9.17, 15) is 0 Å². The second-order valence-corrected chi connectivity index (χ2v) is 27.8. The van der Waals surface area contributed by atoms with E-state index in [-0.39, 0.29) is 90.7 Å². The van der Waals surface area contributed by atoms with Gasteiger partial charge in [0.25, 0.3) is 0 Å². The average molecular weight is 979 g/mol. The summed E-state index contributed by atoms with van der Waals surface area (Å²) >= 11 is 0.230. The molecule has 3 nitrogen and oxygen atoms in total. The molecule has 67 heavy (non-hydrogen) atoms. The van der Waals surface area contributed by atoms with Gasteiger partial charge in [-0.1, -0.05) is 97.2 Å². The van der Waals surface area contributed by atoms with Crippen molar-refractivity contribution in [3.05, 3.63) is 113 Å². The summed E-state index contributed by atoms with van der Waals surface area (Å²) in [6.45, 7) is 18.2. The number of hydrogen-bond donors (Lipinski definition) is 0. The minimum absolute atomic E-state index is 0.0657. The number of aromatic nitrogens is 1. The fraction of sp³-hybridized carbons (Fsp3) is 0.525. The van der Waals surface area contributed by atoms with E-state index >= 15 is 19.0 Å². The first kappa shape index (κ1) is 47.1. The quantitative estimate of drug-likeness (QED) is 0.156. The van der Waals surface area contributed by atoms with Crippen molar-refractivity contribution < 1.29 is 42.2 Å². The Kier molecular flexibility index (Phi) is 11.6. The average Bonchev–Trinajstić information content (AvgIpc) is 3.22. The fourth-order valence-corrected chi connectivity index (χ4v) is 17.3. The van der Waals surface area contributed by atoms with E-state index in [0.29, 0.717) is 56.6 Å². The summed E-state index contributed by atoms with van der Waals surface area (Å²) < 4.78 is 37.1. The maximum absolute atomic E-state index is 16.2. The molecule has 8 aliphatic carbocycles. The molecule has 0 aliphatic heterocycles. The zero-order valence-corrected chi connectivity index (χ0v) is 44.3. The Hall–Kier alpha value is -3.63. The summed E-state index contributed by atoms with van der Waals surface area (Å²) in [4.78, 5) is 5.39. The van der Waals surface area contributed by atoms with Gasteiger partial charge in [0.15, 0.2) is 0 Å². The zero-order valence-electron chi connectivity index (χ0n) is 41.8. The molecule has 1 heterocycles. The molecule has 8 saturated carbocycles. The van der Waals surface area contributed by atoms with E-state index in [1.165, 1.54) is 50.7 Å². The molecule has 4 aromatic carbocycles. The van der Waals surface area contributed by atoms with Crippen molar-refractivity contribution in [1.29, 1.82) is 0 Å². The van der Waals surface area contributed by atoms with Gasteiger partial charge < -0.3 is 10.2 Å². The van der Waals surface area contributed by atoms with Crippen LogP contribution in [0.3, 0.4) is 0 Å². The van der Waals surface area contributed by atoms with Crippen molar-refractivity contribution in [2.45, 2.75) is 164 Å². The molecule has 5 aromatic rings. The van der Waals surface area contributed by atoms with Crippen molar-refractivity contribution >= 4 is 0 Å². The first-order chi connectivity index (χ1) is 31.6. The van der Waals surface area contributed by atoms with Gasteiger partial charge in [-0.3, -0.25) is 0 Å². The number of halogens is 2. The van der Waals surface area contributed by atoms with Crippen molar-refractivity contribution in [2.24, 2.45) is 33.5 Å². The Morgan fingerprint density at radius 1 is 0.493 bits per heavy atom. The van der Waals surface area contributed by atoms with Gasteiger partial charge in [-0.25, -0.2) is 13.8 Å². The molecule has 350 valence electrons. The van der Waals surface area contributed by atoms with Gasteiger partial charge in [-0.2, -0.15) is 0 Å². The Labute approximate surface area is 411 Å². The number of benzene rings is 4. The normalized spacial score (nSPS) is 32.1. The third kappa shape index (κ3) is 8.21. The molecule has 8 bridgehead atoms. The molecule has 0 spiro atoms. The van der Waals surface area contributed by atoms with Crippen molar-refractivity contribution in [2.75, 3.05) is 0 Å². The van der Waals surface area contributed by atoms with Gasteiger partial charge in [-0.15, -0.1) is 0 Å². The van der Waals surface area contributed by atoms with Crippen LogP contribution in [0.5, 0.6) is 11.5 Å². The number of hydrogen-bond acceptors (Lipinski definition) is 3. The van der Waals surface area contributed by atoms with Gasteiger partial charge in [0.2, 0.25) is 0 Å². The van der Waals surface area contributed by atoms with E-state index in [1.807, 2.05) is 30.3 Å². The zero-order chi connectivity index (χ0) is 47.6. The Morgan fingerprint density at radius 2 is 0.851 bits per heavy atom. The first-order valence-corrected chi connectivity index (χ1v) is 30.4. The SMILES string of the molecule is CC(C)c1ccc(-c2cc(F)cc(C34CC5C[C@@](C)(C3)C[C@](C)(C5)C4)c2[O-])c(-c2cccc(-c3cc(C(C)C)ccc3-c3cc(F)cc(C45CC6C[C@@](C)(C4)C[C@](C)(C6)C5)c3[O-])n2)c1.[CH3][Zr+2][CH3]. The van der Waals surface area contributed by atoms with E-state index in [1.54, 1.807) is 12.1 Å². The molecule has 0 N–H and O–H groups in total. The molecule has 0 saturated heterocycles. The number of nitrogens with zero attached hydrogens (tertiary/aromatic N) is 1. The Morgan fingerprint density at radius 3 is 1.18 bits per heavy atom.